The van der Waals surface area contributed by atoms with Gasteiger partial charge in [-0.25, -0.2) is 4.79 Å². The Balaban J connectivity index is 2.29. The summed E-state index contributed by atoms with van der Waals surface area (Å²) < 4.78 is 33.3. The third-order valence-corrected chi connectivity index (χ3v) is 7.26. The van der Waals surface area contributed by atoms with Crippen molar-refractivity contribution in [3.05, 3.63) is 47.0 Å². The molecule has 9 heteroatoms. The van der Waals surface area contributed by atoms with Crippen LogP contribution in [0.15, 0.2) is 30.3 Å². The maximum absolute atomic E-state index is 13.5. The normalized spacial score (nSPS) is 16.0. The molecule has 0 fully saturated rings. The zero-order valence-corrected chi connectivity index (χ0v) is 23.6. The van der Waals surface area contributed by atoms with Crippen molar-refractivity contribution in [1.82, 2.24) is 0 Å². The van der Waals surface area contributed by atoms with Crippen molar-refractivity contribution in [2.24, 2.45) is 0 Å². The predicted molar refractivity (Wildman–Crippen MR) is 140 cm³/mol. The van der Waals surface area contributed by atoms with Crippen LogP contribution in [0.5, 0.6) is 23.0 Å². The molecule has 194 valence electrons. The standard InChI is InChI=1S/C27H34O8Si/c1-27(2,3)36-35-20-14-18(28)23(16-12-21(31-5)25(33-7)22(13-16)32-6)24(20)15-9-10-19(30-4)17(11-15)26(29)34-8/h9-13,20H,14,36H2,1-8H3. The van der Waals surface area contributed by atoms with Gasteiger partial charge in [-0.3, -0.25) is 4.79 Å². The topological polar surface area (TPSA) is 89.5 Å². The molecule has 0 spiro atoms. The van der Waals surface area contributed by atoms with Crippen LogP contribution >= 0.6 is 0 Å². The second-order valence-electron chi connectivity index (χ2n) is 9.60. The molecule has 0 saturated carbocycles. The molecule has 1 unspecified atom stereocenters. The van der Waals surface area contributed by atoms with Gasteiger partial charge >= 0.3 is 5.97 Å². The lowest BCUT2D eigenvalue weighted by atomic mass is 9.94. The number of carbonyl (C=O) groups excluding carboxylic acids is 2. The highest BCUT2D eigenvalue weighted by Gasteiger charge is 2.36. The van der Waals surface area contributed by atoms with E-state index in [0.717, 1.165) is 0 Å². The zero-order chi connectivity index (χ0) is 26.6. The van der Waals surface area contributed by atoms with Gasteiger partial charge in [-0.1, -0.05) is 26.8 Å². The fourth-order valence-electron chi connectivity index (χ4n) is 4.19. The van der Waals surface area contributed by atoms with Crippen LogP contribution in [0.4, 0.5) is 0 Å². The van der Waals surface area contributed by atoms with Crippen molar-refractivity contribution in [1.29, 1.82) is 0 Å². The second kappa shape index (κ2) is 11.2. The Kier molecular flexibility index (Phi) is 8.47. The van der Waals surface area contributed by atoms with E-state index in [-0.39, 0.29) is 22.8 Å². The molecule has 0 radical (unpaired) electrons. The number of ketones is 1. The smallest absolute Gasteiger partial charge is 0.341 e. The summed E-state index contributed by atoms with van der Waals surface area (Å²) in [4.78, 5) is 26.0. The summed E-state index contributed by atoms with van der Waals surface area (Å²) in [7, 11) is 6.39. The number of carbonyl (C=O) groups is 2. The lowest BCUT2D eigenvalue weighted by Gasteiger charge is -2.23. The molecule has 2 aromatic rings. The van der Waals surface area contributed by atoms with Gasteiger partial charge in [0.2, 0.25) is 5.75 Å². The molecule has 8 nitrogen and oxygen atoms in total. The molecule has 1 atom stereocenters. The zero-order valence-electron chi connectivity index (χ0n) is 22.1. The first-order valence-corrected chi connectivity index (χ1v) is 12.8. The van der Waals surface area contributed by atoms with Crippen molar-refractivity contribution in [3.63, 3.8) is 0 Å². The van der Waals surface area contributed by atoms with E-state index < -0.39 is 21.8 Å². The summed E-state index contributed by atoms with van der Waals surface area (Å²) in [5.41, 5.74) is 2.75. The average molecular weight is 515 g/mol. The van der Waals surface area contributed by atoms with Crippen LogP contribution in [-0.4, -0.2) is 63.2 Å². The van der Waals surface area contributed by atoms with Gasteiger partial charge in [0.1, 0.15) is 11.3 Å². The minimum absolute atomic E-state index is 0.0283. The monoisotopic (exact) mass is 514 g/mol. The van der Waals surface area contributed by atoms with Crippen molar-refractivity contribution >= 4 is 32.7 Å². The van der Waals surface area contributed by atoms with Crippen LogP contribution in [0, 0.1) is 0 Å². The maximum atomic E-state index is 13.5. The van der Waals surface area contributed by atoms with Gasteiger partial charge in [0, 0.05) is 12.0 Å². The first-order chi connectivity index (χ1) is 17.1. The van der Waals surface area contributed by atoms with E-state index >= 15 is 0 Å². The van der Waals surface area contributed by atoms with Gasteiger partial charge in [-0.2, -0.15) is 0 Å². The fourth-order valence-corrected chi connectivity index (χ4v) is 5.18. The number of allylic oxidation sites excluding steroid dienone is 1. The number of hydrogen-bond donors (Lipinski definition) is 0. The number of hydrogen-bond acceptors (Lipinski definition) is 8. The Morgan fingerprint density at radius 3 is 1.97 bits per heavy atom. The van der Waals surface area contributed by atoms with E-state index in [1.165, 1.54) is 35.5 Å². The number of esters is 1. The molecular weight excluding hydrogens is 480 g/mol. The maximum Gasteiger partial charge on any atom is 0.341 e. The van der Waals surface area contributed by atoms with E-state index in [1.54, 1.807) is 24.3 Å². The van der Waals surface area contributed by atoms with Gasteiger partial charge in [0.05, 0.1) is 41.7 Å². The summed E-state index contributed by atoms with van der Waals surface area (Å²) in [5, 5.41) is 0.0283. The molecule has 2 aromatic carbocycles. The van der Waals surface area contributed by atoms with Crippen LogP contribution in [0.1, 0.15) is 48.7 Å². The minimum Gasteiger partial charge on any atom is -0.496 e. The third-order valence-electron chi connectivity index (χ3n) is 5.83. The Hall–Kier alpha value is -3.30. The molecule has 3 rings (SSSR count). The Morgan fingerprint density at radius 2 is 1.47 bits per heavy atom. The van der Waals surface area contributed by atoms with Crippen LogP contribution < -0.4 is 18.9 Å². The molecule has 0 bridgehead atoms. The first-order valence-electron chi connectivity index (χ1n) is 11.5. The van der Waals surface area contributed by atoms with Gasteiger partial charge < -0.3 is 28.1 Å². The molecule has 1 aliphatic rings. The van der Waals surface area contributed by atoms with Gasteiger partial charge in [0.25, 0.3) is 0 Å². The minimum atomic E-state index is -0.990. The van der Waals surface area contributed by atoms with Crippen molar-refractivity contribution in [2.75, 3.05) is 35.5 Å². The molecule has 0 saturated heterocycles. The summed E-state index contributed by atoms with van der Waals surface area (Å²) in [6.45, 7) is 6.38. The highest BCUT2D eigenvalue weighted by molar-refractivity contribution is 6.35. The number of rotatable bonds is 9. The quantitative estimate of drug-likeness (QED) is 0.365. The summed E-state index contributed by atoms with van der Waals surface area (Å²) in [5.74, 6) is 1.08. The molecule has 0 heterocycles. The predicted octanol–water partition coefficient (Wildman–Crippen LogP) is 4.08. The number of ether oxygens (including phenoxy) is 5. The highest BCUT2D eigenvalue weighted by atomic mass is 28.2. The van der Waals surface area contributed by atoms with E-state index in [4.69, 9.17) is 28.1 Å². The van der Waals surface area contributed by atoms with Crippen molar-refractivity contribution in [3.8, 4) is 23.0 Å². The fraction of sp³-hybridized carbons (Fsp3) is 0.407. The second-order valence-corrected chi connectivity index (χ2v) is 12.3. The molecule has 1 aliphatic carbocycles. The van der Waals surface area contributed by atoms with Crippen LogP contribution in [0.3, 0.4) is 0 Å². The average Bonchev–Trinajstić information content (AvgIpc) is 3.20. The van der Waals surface area contributed by atoms with Crippen molar-refractivity contribution in [2.45, 2.75) is 38.3 Å². The Bertz CT molecular complexity index is 1150. The van der Waals surface area contributed by atoms with Crippen LogP contribution in [-0.2, 0) is 14.0 Å². The van der Waals surface area contributed by atoms with E-state index in [9.17, 15) is 9.59 Å². The van der Waals surface area contributed by atoms with E-state index in [0.29, 0.717) is 45.3 Å². The third kappa shape index (κ3) is 5.57. The Morgan fingerprint density at radius 1 is 0.861 bits per heavy atom. The van der Waals surface area contributed by atoms with E-state index in [2.05, 4.69) is 20.8 Å². The van der Waals surface area contributed by atoms with Gasteiger partial charge in [0.15, 0.2) is 27.0 Å². The summed E-state index contributed by atoms with van der Waals surface area (Å²) in [6.07, 6.45) is -0.249. The number of methoxy groups -OCH3 is 5. The summed E-state index contributed by atoms with van der Waals surface area (Å²) >= 11 is 0. The molecule has 0 amide bonds. The highest BCUT2D eigenvalue weighted by Crippen LogP contribution is 2.46. The lowest BCUT2D eigenvalue weighted by Crippen LogP contribution is -2.21. The SMILES string of the molecule is COC(=O)c1cc(C2=C(c3cc(OC)c(OC)c(OC)c3)C(=O)CC2O[SiH2]C(C)(C)C)ccc1OC. The van der Waals surface area contributed by atoms with Crippen molar-refractivity contribution < 1.29 is 37.7 Å². The number of Topliss-reactive ketones (excluding diaryl/α,β-unsaturated/α-hetero) is 1. The Labute approximate surface area is 214 Å². The summed E-state index contributed by atoms with van der Waals surface area (Å²) in [6, 6.07) is 8.71. The van der Waals surface area contributed by atoms with Gasteiger partial charge in [-0.15, -0.1) is 0 Å². The van der Waals surface area contributed by atoms with E-state index in [1.807, 2.05) is 6.07 Å². The molecule has 36 heavy (non-hydrogen) atoms. The molecule has 0 aliphatic heterocycles. The number of benzene rings is 2. The lowest BCUT2D eigenvalue weighted by molar-refractivity contribution is -0.114. The molecule has 0 aromatic heterocycles. The largest absolute Gasteiger partial charge is 0.496 e. The molecule has 0 N–H and O–H groups in total. The molecular formula is C27H34O8Si. The van der Waals surface area contributed by atoms with Crippen LogP contribution in [0.25, 0.3) is 11.1 Å². The van der Waals surface area contributed by atoms with Crippen LogP contribution in [0.2, 0.25) is 5.04 Å². The first kappa shape index (κ1) is 27.3. The van der Waals surface area contributed by atoms with Gasteiger partial charge in [-0.05, 0) is 46.0 Å².